The quantitative estimate of drug-likeness (QED) is 0.519. The molecule has 16 heavy (non-hydrogen) atoms. The Bertz CT molecular complexity index is 477. The van der Waals surface area contributed by atoms with Gasteiger partial charge >= 0.3 is 11.7 Å². The summed E-state index contributed by atoms with van der Waals surface area (Å²) >= 11 is 0. The van der Waals surface area contributed by atoms with E-state index in [4.69, 9.17) is 0 Å². The van der Waals surface area contributed by atoms with Crippen LogP contribution in [0.1, 0.15) is 12.6 Å². The van der Waals surface area contributed by atoms with E-state index in [0.29, 0.717) is 0 Å². The van der Waals surface area contributed by atoms with Gasteiger partial charge in [0.25, 0.3) is 5.56 Å². The lowest BCUT2D eigenvalue weighted by Gasteiger charge is -2.09. The number of esters is 1. The molecule has 0 radical (unpaired) electrons. The van der Waals surface area contributed by atoms with E-state index in [-0.39, 0.29) is 12.2 Å². The molecule has 0 saturated carbocycles. The highest BCUT2D eigenvalue weighted by molar-refractivity contribution is 5.74. The van der Waals surface area contributed by atoms with Crippen LogP contribution in [0.5, 0.6) is 0 Å². The number of ether oxygens (including phenoxy) is 1. The number of carbonyl (C=O) groups excluding carboxylic acids is 1. The molecule has 8 nitrogen and oxygen atoms in total. The lowest BCUT2D eigenvalue weighted by Crippen LogP contribution is -2.37. The maximum atomic E-state index is 11.2. The van der Waals surface area contributed by atoms with E-state index >= 15 is 0 Å². The van der Waals surface area contributed by atoms with E-state index < -0.39 is 23.3 Å². The fraction of sp³-hybridized carbons (Fsp3) is 0.500. The van der Waals surface area contributed by atoms with Gasteiger partial charge in [0.05, 0.1) is 7.11 Å². The van der Waals surface area contributed by atoms with Crippen LogP contribution >= 0.6 is 0 Å². The highest BCUT2D eigenvalue weighted by atomic mass is 16.5. The first kappa shape index (κ1) is 12.1. The Kier molecular flexibility index (Phi) is 3.95. The Hall–Kier alpha value is -1.96. The molecule has 88 valence electrons. The number of methoxy groups -OCH3 is 1. The summed E-state index contributed by atoms with van der Waals surface area (Å²) in [4.78, 5) is 34.9. The first-order valence-corrected chi connectivity index (χ1v) is 4.53. The number of aromatic nitrogens is 3. The third-order valence-electron chi connectivity index (χ3n) is 1.91. The van der Waals surface area contributed by atoms with Crippen molar-refractivity contribution in [2.24, 2.45) is 0 Å². The van der Waals surface area contributed by atoms with Gasteiger partial charge < -0.3 is 4.74 Å². The highest BCUT2D eigenvalue weighted by Gasteiger charge is 2.13. The molecular weight excluding hydrogens is 216 g/mol. The Morgan fingerprint density at radius 1 is 1.56 bits per heavy atom. The van der Waals surface area contributed by atoms with Crippen molar-refractivity contribution in [3.8, 4) is 0 Å². The molecule has 0 saturated heterocycles. The smallest absolute Gasteiger partial charge is 0.342 e. The zero-order valence-electron chi connectivity index (χ0n) is 8.86. The van der Waals surface area contributed by atoms with Gasteiger partial charge in [-0.15, -0.1) is 0 Å². The van der Waals surface area contributed by atoms with Crippen LogP contribution in [0.2, 0.25) is 0 Å². The molecule has 1 heterocycles. The minimum Gasteiger partial charge on any atom is -0.468 e. The number of nitrogens with zero attached hydrogens (tertiary/aromatic N) is 1. The molecule has 1 atom stereocenters. The van der Waals surface area contributed by atoms with E-state index in [1.807, 2.05) is 4.98 Å². The zero-order chi connectivity index (χ0) is 12.1. The highest BCUT2D eigenvalue weighted by Crippen LogP contribution is 1.87. The van der Waals surface area contributed by atoms with Crippen LogP contribution in [0.25, 0.3) is 0 Å². The fourth-order valence-corrected chi connectivity index (χ4v) is 1.00. The lowest BCUT2D eigenvalue weighted by molar-refractivity contribution is -0.142. The molecule has 0 aromatic carbocycles. The van der Waals surface area contributed by atoms with Gasteiger partial charge in [0.15, 0.2) is 0 Å². The van der Waals surface area contributed by atoms with Crippen LogP contribution in [0.4, 0.5) is 0 Å². The molecule has 0 spiro atoms. The SMILES string of the molecule is COC(=O)C(C)NCc1n[nH]c(=O)[nH]c1=O. The van der Waals surface area contributed by atoms with Crippen LogP contribution in [0.3, 0.4) is 0 Å². The number of carbonyl (C=O) groups is 1. The van der Waals surface area contributed by atoms with Crippen LogP contribution in [0, 0.1) is 0 Å². The first-order valence-electron chi connectivity index (χ1n) is 4.53. The predicted octanol–water partition coefficient (Wildman–Crippen LogP) is -1.89. The molecule has 0 aliphatic heterocycles. The molecule has 1 unspecified atom stereocenters. The molecule has 0 amide bonds. The molecule has 0 fully saturated rings. The third kappa shape index (κ3) is 3.02. The number of nitrogens with one attached hydrogen (secondary N) is 3. The van der Waals surface area contributed by atoms with Gasteiger partial charge in [-0.25, -0.2) is 9.89 Å². The van der Waals surface area contributed by atoms with E-state index in [1.165, 1.54) is 7.11 Å². The van der Waals surface area contributed by atoms with Gasteiger partial charge in [0.1, 0.15) is 11.7 Å². The van der Waals surface area contributed by atoms with Gasteiger partial charge in [-0.3, -0.25) is 19.9 Å². The zero-order valence-corrected chi connectivity index (χ0v) is 8.86. The van der Waals surface area contributed by atoms with Crippen molar-refractivity contribution < 1.29 is 9.53 Å². The predicted molar refractivity (Wildman–Crippen MR) is 53.8 cm³/mol. The van der Waals surface area contributed by atoms with E-state index in [1.54, 1.807) is 6.92 Å². The fourth-order valence-electron chi connectivity index (χ4n) is 1.00. The van der Waals surface area contributed by atoms with Gasteiger partial charge in [0, 0.05) is 6.54 Å². The van der Waals surface area contributed by atoms with Gasteiger partial charge in [0.2, 0.25) is 0 Å². The third-order valence-corrected chi connectivity index (χ3v) is 1.91. The molecule has 1 aromatic rings. The molecule has 0 bridgehead atoms. The lowest BCUT2D eigenvalue weighted by atomic mass is 10.3. The largest absolute Gasteiger partial charge is 0.468 e. The van der Waals surface area contributed by atoms with Crippen LogP contribution in [-0.4, -0.2) is 34.3 Å². The topological polar surface area (TPSA) is 117 Å². The number of H-pyrrole nitrogens is 2. The second-order valence-electron chi connectivity index (χ2n) is 3.08. The Balaban J connectivity index is 2.65. The van der Waals surface area contributed by atoms with Crippen LogP contribution in [-0.2, 0) is 16.1 Å². The average molecular weight is 228 g/mol. The van der Waals surface area contributed by atoms with E-state index in [9.17, 15) is 14.4 Å². The summed E-state index contributed by atoms with van der Waals surface area (Å²) in [5.74, 6) is -0.444. The Morgan fingerprint density at radius 3 is 2.81 bits per heavy atom. The summed E-state index contributed by atoms with van der Waals surface area (Å²) in [6, 6.07) is -0.557. The molecule has 3 N–H and O–H groups in total. The monoisotopic (exact) mass is 228 g/mol. The Labute approximate surface area is 90.0 Å². The van der Waals surface area contributed by atoms with Crippen molar-refractivity contribution >= 4 is 5.97 Å². The number of aromatic amines is 2. The molecule has 1 rings (SSSR count). The minimum atomic E-state index is -0.672. The number of rotatable bonds is 4. The van der Waals surface area contributed by atoms with E-state index in [0.717, 1.165) is 0 Å². The van der Waals surface area contributed by atoms with E-state index in [2.05, 4.69) is 20.3 Å². The minimum absolute atomic E-state index is 0.0579. The van der Waals surface area contributed by atoms with Gasteiger partial charge in [-0.2, -0.15) is 5.10 Å². The van der Waals surface area contributed by atoms with Crippen molar-refractivity contribution in [3.05, 3.63) is 26.5 Å². The van der Waals surface area contributed by atoms with Crippen molar-refractivity contribution in [1.82, 2.24) is 20.5 Å². The second kappa shape index (κ2) is 5.21. The summed E-state index contributed by atoms with van der Waals surface area (Å²) in [6.45, 7) is 1.65. The van der Waals surface area contributed by atoms with Crippen LogP contribution < -0.4 is 16.6 Å². The summed E-state index contributed by atoms with van der Waals surface area (Å²) in [5, 5.41) is 8.36. The van der Waals surface area contributed by atoms with Crippen LogP contribution in [0.15, 0.2) is 9.59 Å². The normalized spacial score (nSPS) is 12.1. The second-order valence-corrected chi connectivity index (χ2v) is 3.08. The van der Waals surface area contributed by atoms with Crippen molar-refractivity contribution in [2.75, 3.05) is 7.11 Å². The van der Waals surface area contributed by atoms with Crippen molar-refractivity contribution in [2.45, 2.75) is 19.5 Å². The summed E-state index contributed by atoms with van der Waals surface area (Å²) in [5.41, 5.74) is -1.17. The maximum absolute atomic E-state index is 11.2. The van der Waals surface area contributed by atoms with Gasteiger partial charge in [-0.1, -0.05) is 0 Å². The van der Waals surface area contributed by atoms with Gasteiger partial charge in [-0.05, 0) is 6.92 Å². The number of hydrogen-bond donors (Lipinski definition) is 3. The summed E-state index contributed by atoms with van der Waals surface area (Å²) < 4.78 is 4.48. The van der Waals surface area contributed by atoms with Crippen molar-refractivity contribution in [1.29, 1.82) is 0 Å². The standard InChI is InChI=1S/C8H12N4O4/c1-4(7(14)16-2)9-3-5-6(13)10-8(15)12-11-5/h4,9H,3H2,1-2H3,(H2,10,12,13,15). The molecule has 0 aliphatic carbocycles. The average Bonchev–Trinajstić information content (AvgIpc) is 2.26. The molecule has 1 aromatic heterocycles. The number of hydrogen-bond acceptors (Lipinski definition) is 6. The molecule has 8 heteroatoms. The first-order chi connectivity index (χ1) is 7.54. The molecule has 0 aliphatic rings. The van der Waals surface area contributed by atoms with Crippen molar-refractivity contribution in [3.63, 3.8) is 0 Å². The summed E-state index contributed by atoms with van der Waals surface area (Å²) in [7, 11) is 1.27. The summed E-state index contributed by atoms with van der Waals surface area (Å²) in [6.07, 6.45) is 0. The Morgan fingerprint density at radius 2 is 2.25 bits per heavy atom. The maximum Gasteiger partial charge on any atom is 0.342 e. The molecular formula is C8H12N4O4.